The summed E-state index contributed by atoms with van der Waals surface area (Å²) in [6.07, 6.45) is 2.41. The van der Waals surface area contributed by atoms with E-state index in [0.717, 1.165) is 5.56 Å². The van der Waals surface area contributed by atoms with Gasteiger partial charge in [0.2, 0.25) is 5.91 Å². The number of fused-ring (bicyclic) bond motifs is 1. The number of carbonyl (C=O) groups is 3. The third kappa shape index (κ3) is 4.55. The zero-order chi connectivity index (χ0) is 24.8. The van der Waals surface area contributed by atoms with Gasteiger partial charge in [-0.1, -0.05) is 0 Å². The molecule has 0 bridgehead atoms. The molecule has 1 atom stereocenters. The largest absolute Gasteiger partial charge is 0.444 e. The van der Waals surface area contributed by atoms with Gasteiger partial charge in [-0.3, -0.25) is 14.5 Å². The van der Waals surface area contributed by atoms with Crippen LogP contribution in [0, 0.1) is 19.7 Å². The fourth-order valence-electron chi connectivity index (χ4n) is 4.34. The molecule has 1 aromatic heterocycles. The van der Waals surface area contributed by atoms with Gasteiger partial charge in [0.15, 0.2) is 0 Å². The molecule has 3 amide bonds. The van der Waals surface area contributed by atoms with E-state index in [9.17, 15) is 18.8 Å². The van der Waals surface area contributed by atoms with Crippen LogP contribution in [0.3, 0.4) is 0 Å². The highest BCUT2D eigenvalue weighted by Crippen LogP contribution is 2.35. The van der Waals surface area contributed by atoms with Crippen LogP contribution in [-0.2, 0) is 14.3 Å². The lowest BCUT2D eigenvalue weighted by atomic mass is 10.0. The predicted molar refractivity (Wildman–Crippen MR) is 128 cm³/mol. The van der Waals surface area contributed by atoms with E-state index in [1.165, 1.54) is 23.1 Å². The van der Waals surface area contributed by atoms with Crippen LogP contribution in [0.1, 0.15) is 56.1 Å². The van der Waals surface area contributed by atoms with E-state index >= 15 is 0 Å². The normalized spacial score (nSPS) is 18.8. The van der Waals surface area contributed by atoms with Gasteiger partial charge in [-0.25, -0.2) is 9.18 Å². The number of aryl methyl sites for hydroxylation is 1. The number of anilines is 2. The van der Waals surface area contributed by atoms with Gasteiger partial charge in [-0.15, -0.1) is 0 Å². The Bertz CT molecular complexity index is 1210. The van der Waals surface area contributed by atoms with Gasteiger partial charge in [-0.05, 0) is 77.3 Å². The number of halogens is 1. The summed E-state index contributed by atoms with van der Waals surface area (Å²) in [4.78, 5) is 42.8. The smallest absolute Gasteiger partial charge is 0.410 e. The lowest BCUT2D eigenvalue weighted by Crippen LogP contribution is -2.45. The van der Waals surface area contributed by atoms with Crippen LogP contribution in [0.2, 0.25) is 0 Å². The second-order valence-corrected chi connectivity index (χ2v) is 9.69. The number of nitrogens with zero attached hydrogens (tertiary/aromatic N) is 1. The number of aromatic nitrogens is 1. The van der Waals surface area contributed by atoms with Crippen molar-refractivity contribution in [3.8, 4) is 0 Å². The molecular weight excluding hydrogens is 439 g/mol. The van der Waals surface area contributed by atoms with Crippen LogP contribution in [0.15, 0.2) is 18.2 Å². The molecule has 2 aromatic rings. The molecule has 1 aromatic carbocycles. The molecule has 2 aliphatic heterocycles. The Morgan fingerprint density at radius 3 is 2.71 bits per heavy atom. The maximum absolute atomic E-state index is 13.8. The Hall–Kier alpha value is -3.62. The topological polar surface area (TPSA) is 104 Å². The van der Waals surface area contributed by atoms with E-state index in [1.54, 1.807) is 26.8 Å². The van der Waals surface area contributed by atoms with Gasteiger partial charge >= 0.3 is 6.09 Å². The SMILES string of the molecule is Cc1[nH]c(/C=C2\C(=O)Nc3ccc(F)cc32)c(C)c1NC(=O)C1CCCN1C(=O)OC(C)(C)C. The average Bonchev–Trinajstić information content (AvgIpc) is 3.41. The van der Waals surface area contributed by atoms with Crippen LogP contribution < -0.4 is 10.6 Å². The third-order valence-corrected chi connectivity index (χ3v) is 5.96. The quantitative estimate of drug-likeness (QED) is 0.573. The van der Waals surface area contributed by atoms with E-state index in [-0.39, 0.29) is 11.8 Å². The van der Waals surface area contributed by atoms with Crippen molar-refractivity contribution in [2.45, 2.75) is 59.1 Å². The molecule has 180 valence electrons. The molecule has 1 unspecified atom stereocenters. The standard InChI is InChI=1S/C25H29FN4O4/c1-13-19(12-17-16-11-15(26)8-9-18(16)28-22(17)31)27-14(2)21(13)29-23(32)20-7-6-10-30(20)24(33)34-25(3,4)5/h8-9,11-12,20,27H,6-7,10H2,1-5H3,(H,28,31)(H,29,32)/b17-12-. The molecule has 1 fully saturated rings. The van der Waals surface area contributed by atoms with Crippen molar-refractivity contribution in [3.63, 3.8) is 0 Å². The van der Waals surface area contributed by atoms with E-state index in [2.05, 4.69) is 15.6 Å². The number of hydrogen-bond donors (Lipinski definition) is 3. The molecule has 0 saturated carbocycles. The Kier molecular flexibility index (Phi) is 5.97. The van der Waals surface area contributed by atoms with Crippen molar-refractivity contribution in [2.24, 2.45) is 0 Å². The van der Waals surface area contributed by atoms with Crippen LogP contribution in [0.4, 0.5) is 20.6 Å². The highest BCUT2D eigenvalue weighted by molar-refractivity contribution is 6.34. The van der Waals surface area contributed by atoms with Crippen molar-refractivity contribution in [2.75, 3.05) is 17.2 Å². The van der Waals surface area contributed by atoms with E-state index in [1.807, 2.05) is 13.8 Å². The summed E-state index contributed by atoms with van der Waals surface area (Å²) in [5.74, 6) is -1.05. The predicted octanol–water partition coefficient (Wildman–Crippen LogP) is 4.60. The number of nitrogens with one attached hydrogen (secondary N) is 3. The summed E-state index contributed by atoms with van der Waals surface area (Å²) in [7, 11) is 0. The van der Waals surface area contributed by atoms with Crippen molar-refractivity contribution in [3.05, 3.63) is 46.5 Å². The molecule has 0 radical (unpaired) electrons. The summed E-state index contributed by atoms with van der Waals surface area (Å²) >= 11 is 0. The second kappa shape index (κ2) is 8.62. The number of aromatic amines is 1. The maximum atomic E-state index is 13.8. The first-order chi connectivity index (χ1) is 15.9. The molecule has 4 rings (SSSR count). The molecule has 2 aliphatic rings. The zero-order valence-corrected chi connectivity index (χ0v) is 20.0. The average molecular weight is 469 g/mol. The number of likely N-dealkylation sites (tertiary alicyclic amines) is 1. The van der Waals surface area contributed by atoms with Gasteiger partial charge in [0.25, 0.3) is 5.91 Å². The fourth-order valence-corrected chi connectivity index (χ4v) is 4.34. The number of amides is 3. The molecule has 9 heteroatoms. The molecule has 1 saturated heterocycles. The summed E-state index contributed by atoms with van der Waals surface area (Å²) in [5.41, 5.74) is 3.39. The molecule has 0 aliphatic carbocycles. The highest BCUT2D eigenvalue weighted by atomic mass is 19.1. The Morgan fingerprint density at radius 1 is 1.26 bits per heavy atom. The first-order valence-electron chi connectivity index (χ1n) is 11.3. The third-order valence-electron chi connectivity index (χ3n) is 5.96. The number of carbonyl (C=O) groups excluding carboxylic acids is 3. The van der Waals surface area contributed by atoms with Crippen molar-refractivity contribution in [1.29, 1.82) is 0 Å². The number of rotatable bonds is 3. The van der Waals surface area contributed by atoms with Gasteiger partial charge in [-0.2, -0.15) is 0 Å². The van der Waals surface area contributed by atoms with Gasteiger partial charge < -0.3 is 20.4 Å². The van der Waals surface area contributed by atoms with Crippen molar-refractivity contribution < 1.29 is 23.5 Å². The first-order valence-corrected chi connectivity index (χ1v) is 11.3. The molecule has 3 N–H and O–H groups in total. The Balaban J connectivity index is 1.56. The second-order valence-electron chi connectivity index (χ2n) is 9.69. The summed E-state index contributed by atoms with van der Waals surface area (Å²) in [6, 6.07) is 3.52. The molecular formula is C25H29FN4O4. The van der Waals surface area contributed by atoms with E-state index in [0.29, 0.717) is 53.3 Å². The van der Waals surface area contributed by atoms with Gasteiger partial charge in [0, 0.05) is 29.2 Å². The van der Waals surface area contributed by atoms with E-state index in [4.69, 9.17) is 4.74 Å². The Morgan fingerprint density at radius 2 is 2.00 bits per heavy atom. The highest BCUT2D eigenvalue weighted by Gasteiger charge is 2.37. The first kappa shape index (κ1) is 23.5. The Labute approximate surface area is 197 Å². The minimum atomic E-state index is -0.648. The minimum Gasteiger partial charge on any atom is -0.444 e. The maximum Gasteiger partial charge on any atom is 0.410 e. The summed E-state index contributed by atoms with van der Waals surface area (Å²) in [5, 5.41) is 5.67. The van der Waals surface area contributed by atoms with Crippen LogP contribution in [0.25, 0.3) is 11.6 Å². The summed E-state index contributed by atoms with van der Waals surface area (Å²) in [6.45, 7) is 9.46. The number of ether oxygens (including phenoxy) is 1. The number of hydrogen-bond acceptors (Lipinski definition) is 4. The van der Waals surface area contributed by atoms with Crippen molar-refractivity contribution in [1.82, 2.24) is 9.88 Å². The van der Waals surface area contributed by atoms with Gasteiger partial charge in [0.1, 0.15) is 17.5 Å². The molecule has 3 heterocycles. The summed E-state index contributed by atoms with van der Waals surface area (Å²) < 4.78 is 19.2. The number of H-pyrrole nitrogens is 1. The van der Waals surface area contributed by atoms with Crippen LogP contribution in [-0.4, -0.2) is 46.0 Å². The fraction of sp³-hybridized carbons (Fsp3) is 0.400. The molecule has 8 nitrogen and oxygen atoms in total. The van der Waals surface area contributed by atoms with E-state index < -0.39 is 23.6 Å². The van der Waals surface area contributed by atoms with Crippen LogP contribution >= 0.6 is 0 Å². The minimum absolute atomic E-state index is 0.293. The lowest BCUT2D eigenvalue weighted by Gasteiger charge is -2.28. The number of benzene rings is 1. The lowest BCUT2D eigenvalue weighted by molar-refractivity contribution is -0.120. The molecule has 34 heavy (non-hydrogen) atoms. The van der Waals surface area contributed by atoms with Gasteiger partial charge in [0.05, 0.1) is 11.3 Å². The zero-order valence-electron chi connectivity index (χ0n) is 20.0. The van der Waals surface area contributed by atoms with Crippen LogP contribution in [0.5, 0.6) is 0 Å². The molecule has 0 spiro atoms. The monoisotopic (exact) mass is 468 g/mol. The van der Waals surface area contributed by atoms with Crippen molar-refractivity contribution >= 4 is 40.9 Å².